The highest BCUT2D eigenvalue weighted by Crippen LogP contribution is 2.24. The van der Waals surface area contributed by atoms with Gasteiger partial charge in [0.25, 0.3) is 0 Å². The minimum Gasteiger partial charge on any atom is -0.396 e. The van der Waals surface area contributed by atoms with Crippen LogP contribution in [0.2, 0.25) is 0 Å². The van der Waals surface area contributed by atoms with Gasteiger partial charge in [-0.25, -0.2) is 0 Å². The third-order valence-corrected chi connectivity index (χ3v) is 3.99. The molecular weight excluding hydrogens is 186 g/mol. The van der Waals surface area contributed by atoms with E-state index >= 15 is 0 Å². The molecule has 0 aliphatic heterocycles. The van der Waals surface area contributed by atoms with E-state index in [4.69, 9.17) is 5.11 Å². The second kappa shape index (κ2) is 6.49. The van der Waals surface area contributed by atoms with Gasteiger partial charge in [0.15, 0.2) is 0 Å². The van der Waals surface area contributed by atoms with Gasteiger partial charge in [-0.15, -0.1) is 0 Å². The third-order valence-electron chi connectivity index (χ3n) is 3.99. The van der Waals surface area contributed by atoms with E-state index in [1.54, 1.807) is 0 Å². The van der Waals surface area contributed by atoms with Gasteiger partial charge in [0.2, 0.25) is 0 Å². The van der Waals surface area contributed by atoms with Gasteiger partial charge >= 0.3 is 0 Å². The van der Waals surface area contributed by atoms with E-state index in [1.165, 1.54) is 32.1 Å². The minimum atomic E-state index is 0.145. The molecule has 15 heavy (non-hydrogen) atoms. The SMILES string of the molecule is CCC(C)(CCO)NCC1CCCCC1. The summed E-state index contributed by atoms with van der Waals surface area (Å²) in [7, 11) is 0. The number of aliphatic hydroxyl groups is 1. The molecule has 2 heteroatoms. The highest BCUT2D eigenvalue weighted by molar-refractivity contribution is 4.82. The first-order valence-corrected chi connectivity index (χ1v) is 6.56. The van der Waals surface area contributed by atoms with Crippen molar-refractivity contribution in [2.24, 2.45) is 5.92 Å². The van der Waals surface area contributed by atoms with Crippen molar-refractivity contribution in [2.75, 3.05) is 13.2 Å². The molecule has 2 nitrogen and oxygen atoms in total. The molecule has 1 aliphatic rings. The van der Waals surface area contributed by atoms with E-state index in [9.17, 15) is 0 Å². The van der Waals surface area contributed by atoms with Crippen molar-refractivity contribution in [3.05, 3.63) is 0 Å². The number of rotatable bonds is 6. The fraction of sp³-hybridized carbons (Fsp3) is 1.00. The van der Waals surface area contributed by atoms with Crippen LogP contribution >= 0.6 is 0 Å². The van der Waals surface area contributed by atoms with Crippen LogP contribution in [0, 0.1) is 5.92 Å². The van der Waals surface area contributed by atoms with Crippen LogP contribution in [-0.2, 0) is 0 Å². The maximum atomic E-state index is 9.03. The molecule has 0 spiro atoms. The largest absolute Gasteiger partial charge is 0.396 e. The standard InChI is InChI=1S/C13H27NO/c1-3-13(2,9-10-15)14-11-12-7-5-4-6-8-12/h12,14-15H,3-11H2,1-2H3. The van der Waals surface area contributed by atoms with E-state index in [0.29, 0.717) is 6.61 Å². The van der Waals surface area contributed by atoms with E-state index in [0.717, 1.165) is 25.3 Å². The number of aliphatic hydroxyl groups excluding tert-OH is 1. The Morgan fingerprint density at radius 1 is 1.27 bits per heavy atom. The van der Waals surface area contributed by atoms with Crippen LogP contribution in [0.1, 0.15) is 58.8 Å². The van der Waals surface area contributed by atoms with Crippen molar-refractivity contribution in [3.63, 3.8) is 0 Å². The molecule has 0 aromatic heterocycles. The lowest BCUT2D eigenvalue weighted by Gasteiger charge is -2.32. The second-order valence-electron chi connectivity index (χ2n) is 5.27. The Morgan fingerprint density at radius 2 is 1.93 bits per heavy atom. The molecule has 0 amide bonds. The summed E-state index contributed by atoms with van der Waals surface area (Å²) >= 11 is 0. The summed E-state index contributed by atoms with van der Waals surface area (Å²) in [5, 5.41) is 12.7. The maximum Gasteiger partial charge on any atom is 0.0448 e. The summed E-state index contributed by atoms with van der Waals surface area (Å²) < 4.78 is 0. The summed E-state index contributed by atoms with van der Waals surface area (Å²) in [4.78, 5) is 0. The first-order valence-electron chi connectivity index (χ1n) is 6.56. The Labute approximate surface area is 94.5 Å². The number of hydrogen-bond donors (Lipinski definition) is 2. The molecule has 0 radical (unpaired) electrons. The van der Waals surface area contributed by atoms with Crippen molar-refractivity contribution in [1.29, 1.82) is 0 Å². The highest BCUT2D eigenvalue weighted by atomic mass is 16.3. The lowest BCUT2D eigenvalue weighted by Crippen LogP contribution is -2.45. The van der Waals surface area contributed by atoms with Crippen LogP contribution in [-0.4, -0.2) is 23.8 Å². The normalized spacial score (nSPS) is 22.6. The number of nitrogens with one attached hydrogen (secondary N) is 1. The molecule has 0 saturated heterocycles. The van der Waals surface area contributed by atoms with Crippen LogP contribution in [0.15, 0.2) is 0 Å². The second-order valence-corrected chi connectivity index (χ2v) is 5.27. The van der Waals surface area contributed by atoms with Gasteiger partial charge in [-0.05, 0) is 45.1 Å². The summed E-state index contributed by atoms with van der Waals surface area (Å²) in [6.07, 6.45) is 9.01. The third kappa shape index (κ3) is 4.52. The van der Waals surface area contributed by atoms with Crippen LogP contribution < -0.4 is 5.32 Å². The summed E-state index contributed by atoms with van der Waals surface area (Å²) in [6.45, 7) is 5.86. The Morgan fingerprint density at radius 3 is 2.47 bits per heavy atom. The minimum absolute atomic E-state index is 0.145. The van der Waals surface area contributed by atoms with Gasteiger partial charge in [-0.2, -0.15) is 0 Å². The lowest BCUT2D eigenvalue weighted by atomic mass is 9.87. The van der Waals surface area contributed by atoms with Crippen molar-refractivity contribution in [2.45, 2.75) is 64.3 Å². The zero-order valence-electron chi connectivity index (χ0n) is 10.4. The van der Waals surface area contributed by atoms with E-state index in [-0.39, 0.29) is 5.54 Å². The van der Waals surface area contributed by atoms with Gasteiger partial charge in [-0.1, -0.05) is 26.2 Å². The maximum absolute atomic E-state index is 9.03. The quantitative estimate of drug-likeness (QED) is 0.711. The molecule has 0 bridgehead atoms. The summed E-state index contributed by atoms with van der Waals surface area (Å²) in [6, 6.07) is 0. The predicted octanol–water partition coefficient (Wildman–Crippen LogP) is 2.71. The van der Waals surface area contributed by atoms with Gasteiger partial charge < -0.3 is 10.4 Å². The Balaban J connectivity index is 2.25. The first kappa shape index (κ1) is 13.0. The smallest absolute Gasteiger partial charge is 0.0448 e. The van der Waals surface area contributed by atoms with Crippen LogP contribution in [0.3, 0.4) is 0 Å². The molecule has 1 unspecified atom stereocenters. The predicted molar refractivity (Wildman–Crippen MR) is 65.0 cm³/mol. The molecule has 0 aromatic carbocycles. The molecule has 1 aliphatic carbocycles. The molecule has 1 rings (SSSR count). The summed E-state index contributed by atoms with van der Waals surface area (Å²) in [5.74, 6) is 0.878. The van der Waals surface area contributed by atoms with Gasteiger partial charge in [-0.3, -0.25) is 0 Å². The van der Waals surface area contributed by atoms with E-state index in [1.807, 2.05) is 0 Å². The average molecular weight is 213 g/mol. The Kier molecular flexibility index (Phi) is 5.62. The van der Waals surface area contributed by atoms with Crippen molar-refractivity contribution in [3.8, 4) is 0 Å². The molecular formula is C13H27NO. The van der Waals surface area contributed by atoms with Crippen molar-refractivity contribution in [1.82, 2.24) is 5.32 Å². The molecule has 0 aromatic rings. The fourth-order valence-electron chi connectivity index (χ4n) is 2.42. The topological polar surface area (TPSA) is 32.3 Å². The lowest BCUT2D eigenvalue weighted by molar-refractivity contribution is 0.202. The van der Waals surface area contributed by atoms with E-state index < -0.39 is 0 Å². The van der Waals surface area contributed by atoms with Gasteiger partial charge in [0, 0.05) is 12.1 Å². The van der Waals surface area contributed by atoms with Crippen molar-refractivity contribution >= 4 is 0 Å². The zero-order chi connectivity index (χ0) is 11.1. The van der Waals surface area contributed by atoms with Crippen LogP contribution in [0.25, 0.3) is 0 Å². The molecule has 1 saturated carbocycles. The fourth-order valence-corrected chi connectivity index (χ4v) is 2.42. The van der Waals surface area contributed by atoms with Crippen molar-refractivity contribution < 1.29 is 5.11 Å². The van der Waals surface area contributed by atoms with Crippen LogP contribution in [0.5, 0.6) is 0 Å². The monoisotopic (exact) mass is 213 g/mol. The van der Waals surface area contributed by atoms with Crippen LogP contribution in [0.4, 0.5) is 0 Å². The highest BCUT2D eigenvalue weighted by Gasteiger charge is 2.22. The zero-order valence-corrected chi connectivity index (χ0v) is 10.4. The number of hydrogen-bond acceptors (Lipinski definition) is 2. The van der Waals surface area contributed by atoms with E-state index in [2.05, 4.69) is 19.2 Å². The molecule has 1 atom stereocenters. The van der Waals surface area contributed by atoms with Gasteiger partial charge in [0.1, 0.15) is 0 Å². The molecule has 1 fully saturated rings. The van der Waals surface area contributed by atoms with Gasteiger partial charge in [0.05, 0.1) is 0 Å². The summed E-state index contributed by atoms with van der Waals surface area (Å²) in [5.41, 5.74) is 0.145. The molecule has 0 heterocycles. The Bertz CT molecular complexity index is 166. The molecule has 2 N–H and O–H groups in total. The first-order chi connectivity index (χ1) is 7.20. The molecule has 90 valence electrons. The Hall–Kier alpha value is -0.0800. The average Bonchev–Trinajstić information content (AvgIpc) is 2.28.